The normalized spacial score (nSPS) is 21.6. The molecule has 0 amide bonds. The molecule has 0 aromatic carbocycles. The fourth-order valence-electron chi connectivity index (χ4n) is 3.46. The van der Waals surface area contributed by atoms with Crippen molar-refractivity contribution >= 4 is 23.1 Å². The Morgan fingerprint density at radius 1 is 1.28 bits per heavy atom. The summed E-state index contributed by atoms with van der Waals surface area (Å²) in [4.78, 5) is 20.6. The highest BCUT2D eigenvalue weighted by Crippen LogP contribution is 2.22. The van der Waals surface area contributed by atoms with Crippen molar-refractivity contribution in [1.82, 2.24) is 19.9 Å². The van der Waals surface area contributed by atoms with E-state index in [-0.39, 0.29) is 0 Å². The average Bonchev–Trinajstić information content (AvgIpc) is 3.34. The molecular formula is C17H24N6OS. The van der Waals surface area contributed by atoms with Crippen molar-refractivity contribution in [1.29, 1.82) is 0 Å². The molecule has 0 spiro atoms. The van der Waals surface area contributed by atoms with Gasteiger partial charge >= 0.3 is 0 Å². The standard InChI is InChI=1S/C17H24N6OS/c1-21(15-3-5-22(11-15)10-14-12-25-13-19-14)16-2-4-18-17(20-16)23-6-8-24-9-7-23/h2,4,12-13,15H,3,5-11H2,1H3. The molecule has 0 saturated carbocycles. The Morgan fingerprint density at radius 3 is 2.96 bits per heavy atom. The zero-order chi connectivity index (χ0) is 17.1. The number of anilines is 2. The van der Waals surface area contributed by atoms with Crippen molar-refractivity contribution in [2.45, 2.75) is 19.0 Å². The maximum Gasteiger partial charge on any atom is 0.227 e. The van der Waals surface area contributed by atoms with Crippen molar-refractivity contribution in [3.05, 3.63) is 28.8 Å². The number of rotatable bonds is 5. The van der Waals surface area contributed by atoms with Crippen LogP contribution in [0.25, 0.3) is 0 Å². The molecule has 0 radical (unpaired) electrons. The van der Waals surface area contributed by atoms with Crippen molar-refractivity contribution < 1.29 is 4.74 Å². The van der Waals surface area contributed by atoms with Gasteiger partial charge in [-0.25, -0.2) is 9.97 Å². The van der Waals surface area contributed by atoms with Gasteiger partial charge < -0.3 is 14.5 Å². The van der Waals surface area contributed by atoms with Crippen LogP contribution in [0.1, 0.15) is 12.1 Å². The summed E-state index contributed by atoms with van der Waals surface area (Å²) in [7, 11) is 2.14. The molecule has 4 rings (SSSR count). The molecule has 2 aromatic heterocycles. The van der Waals surface area contributed by atoms with Gasteiger partial charge in [-0.1, -0.05) is 0 Å². The van der Waals surface area contributed by atoms with Gasteiger partial charge in [0.1, 0.15) is 5.82 Å². The Hall–Kier alpha value is -1.77. The van der Waals surface area contributed by atoms with Crippen molar-refractivity contribution in [3.8, 4) is 0 Å². The van der Waals surface area contributed by atoms with Crippen molar-refractivity contribution in [2.75, 3.05) is 56.2 Å². The van der Waals surface area contributed by atoms with E-state index in [0.717, 1.165) is 64.1 Å². The first kappa shape index (κ1) is 16.7. The summed E-state index contributed by atoms with van der Waals surface area (Å²) in [5.74, 6) is 1.81. The first-order valence-electron chi connectivity index (χ1n) is 8.77. The lowest BCUT2D eigenvalue weighted by Crippen LogP contribution is -2.38. The minimum Gasteiger partial charge on any atom is -0.378 e. The number of hydrogen-bond acceptors (Lipinski definition) is 8. The van der Waals surface area contributed by atoms with Crippen LogP contribution in [0.2, 0.25) is 0 Å². The second-order valence-corrected chi connectivity index (χ2v) is 7.30. The van der Waals surface area contributed by atoms with E-state index in [2.05, 4.69) is 37.1 Å². The van der Waals surface area contributed by atoms with Gasteiger partial charge in [-0.3, -0.25) is 4.90 Å². The van der Waals surface area contributed by atoms with E-state index in [1.807, 2.05) is 17.8 Å². The smallest absolute Gasteiger partial charge is 0.227 e. The van der Waals surface area contributed by atoms with Crippen LogP contribution in [0, 0.1) is 0 Å². The van der Waals surface area contributed by atoms with Gasteiger partial charge in [-0.2, -0.15) is 4.98 Å². The highest BCUT2D eigenvalue weighted by molar-refractivity contribution is 7.07. The summed E-state index contributed by atoms with van der Waals surface area (Å²) >= 11 is 1.66. The van der Waals surface area contributed by atoms with Crippen LogP contribution >= 0.6 is 11.3 Å². The third-order valence-corrected chi connectivity index (χ3v) is 5.58. The maximum atomic E-state index is 5.42. The van der Waals surface area contributed by atoms with Crippen LogP contribution in [0.5, 0.6) is 0 Å². The Morgan fingerprint density at radius 2 is 2.16 bits per heavy atom. The molecule has 25 heavy (non-hydrogen) atoms. The summed E-state index contributed by atoms with van der Waals surface area (Å²) in [5, 5.41) is 2.13. The number of likely N-dealkylation sites (N-methyl/N-ethyl adjacent to an activating group) is 1. The molecule has 1 unspecified atom stereocenters. The van der Waals surface area contributed by atoms with E-state index >= 15 is 0 Å². The SMILES string of the molecule is CN(c1ccnc(N2CCOCC2)n1)C1CCN(Cc2cscn2)C1. The van der Waals surface area contributed by atoms with Gasteiger partial charge in [0.25, 0.3) is 0 Å². The first-order chi connectivity index (χ1) is 12.3. The van der Waals surface area contributed by atoms with Crippen LogP contribution in [-0.2, 0) is 11.3 Å². The lowest BCUT2D eigenvalue weighted by molar-refractivity contribution is 0.122. The predicted octanol–water partition coefficient (Wildman–Crippen LogP) is 1.48. The summed E-state index contributed by atoms with van der Waals surface area (Å²) in [6, 6.07) is 2.48. The van der Waals surface area contributed by atoms with E-state index in [4.69, 9.17) is 9.72 Å². The molecule has 2 saturated heterocycles. The summed E-state index contributed by atoms with van der Waals surface area (Å²) in [5.41, 5.74) is 3.08. The van der Waals surface area contributed by atoms with E-state index in [1.165, 1.54) is 5.69 Å². The zero-order valence-corrected chi connectivity index (χ0v) is 15.4. The van der Waals surface area contributed by atoms with Crippen LogP contribution in [0.3, 0.4) is 0 Å². The molecule has 0 bridgehead atoms. The minimum absolute atomic E-state index is 0.478. The molecule has 0 aliphatic carbocycles. The number of aromatic nitrogens is 3. The fraction of sp³-hybridized carbons (Fsp3) is 0.588. The van der Waals surface area contributed by atoms with Crippen molar-refractivity contribution in [3.63, 3.8) is 0 Å². The largest absolute Gasteiger partial charge is 0.378 e. The lowest BCUT2D eigenvalue weighted by atomic mass is 10.2. The monoisotopic (exact) mass is 360 g/mol. The van der Waals surface area contributed by atoms with E-state index in [9.17, 15) is 0 Å². The third kappa shape index (κ3) is 3.91. The molecule has 7 nitrogen and oxygen atoms in total. The van der Waals surface area contributed by atoms with E-state index in [0.29, 0.717) is 6.04 Å². The molecule has 0 N–H and O–H groups in total. The minimum atomic E-state index is 0.478. The average molecular weight is 360 g/mol. The molecule has 2 aromatic rings. The van der Waals surface area contributed by atoms with Gasteiger partial charge in [0.2, 0.25) is 5.95 Å². The van der Waals surface area contributed by atoms with Gasteiger partial charge in [0.05, 0.1) is 24.4 Å². The zero-order valence-electron chi connectivity index (χ0n) is 14.5. The Bertz CT molecular complexity index is 676. The van der Waals surface area contributed by atoms with Gasteiger partial charge in [0.15, 0.2) is 0 Å². The Balaban J connectivity index is 1.40. The third-order valence-electron chi connectivity index (χ3n) is 4.95. The van der Waals surface area contributed by atoms with Crippen molar-refractivity contribution in [2.24, 2.45) is 0 Å². The van der Waals surface area contributed by atoms with Crippen LogP contribution < -0.4 is 9.80 Å². The molecule has 4 heterocycles. The number of thiazole rings is 1. The van der Waals surface area contributed by atoms with Crippen LogP contribution in [0.4, 0.5) is 11.8 Å². The molecular weight excluding hydrogens is 336 g/mol. The second-order valence-electron chi connectivity index (χ2n) is 6.58. The van der Waals surface area contributed by atoms with Gasteiger partial charge in [-0.05, 0) is 12.5 Å². The number of ether oxygens (including phenoxy) is 1. The second kappa shape index (κ2) is 7.63. The molecule has 2 aliphatic heterocycles. The molecule has 2 fully saturated rings. The highest BCUT2D eigenvalue weighted by atomic mass is 32.1. The predicted molar refractivity (Wildman–Crippen MR) is 99.3 cm³/mol. The summed E-state index contributed by atoms with van der Waals surface area (Å²) < 4.78 is 5.42. The lowest BCUT2D eigenvalue weighted by Gasteiger charge is -2.29. The van der Waals surface area contributed by atoms with Gasteiger partial charge in [0, 0.05) is 57.4 Å². The quantitative estimate of drug-likeness (QED) is 0.800. The number of hydrogen-bond donors (Lipinski definition) is 0. The maximum absolute atomic E-state index is 5.42. The van der Waals surface area contributed by atoms with Crippen LogP contribution in [0.15, 0.2) is 23.2 Å². The Kier molecular flexibility index (Phi) is 5.09. The first-order valence-corrected chi connectivity index (χ1v) is 9.72. The number of likely N-dealkylation sites (tertiary alicyclic amines) is 1. The number of nitrogens with zero attached hydrogens (tertiary/aromatic N) is 6. The number of morpholine rings is 1. The topological polar surface area (TPSA) is 57.6 Å². The Labute approximate surface area is 152 Å². The molecule has 1 atom stereocenters. The molecule has 8 heteroatoms. The van der Waals surface area contributed by atoms with Gasteiger partial charge in [-0.15, -0.1) is 11.3 Å². The van der Waals surface area contributed by atoms with E-state index in [1.54, 1.807) is 11.3 Å². The summed E-state index contributed by atoms with van der Waals surface area (Å²) in [6.45, 7) is 6.31. The summed E-state index contributed by atoms with van der Waals surface area (Å²) in [6.07, 6.45) is 3.02. The molecule has 134 valence electrons. The van der Waals surface area contributed by atoms with Crippen LogP contribution in [-0.4, -0.2) is 72.3 Å². The highest BCUT2D eigenvalue weighted by Gasteiger charge is 2.27. The molecule has 2 aliphatic rings. The fourth-order valence-corrected chi connectivity index (χ4v) is 4.00. The van der Waals surface area contributed by atoms with E-state index < -0.39 is 0 Å².